The molecule has 3 N–H and O–H groups in total. The zero-order valence-corrected chi connectivity index (χ0v) is 13.6. The van der Waals surface area contributed by atoms with Crippen molar-refractivity contribution in [1.82, 2.24) is 5.32 Å². The van der Waals surface area contributed by atoms with Crippen LogP contribution in [0.4, 0.5) is 0 Å². The summed E-state index contributed by atoms with van der Waals surface area (Å²) in [7, 11) is -3.85. The van der Waals surface area contributed by atoms with Crippen molar-refractivity contribution in [2.75, 3.05) is 6.54 Å². The Balaban J connectivity index is 2.18. The number of amides is 1. The second-order valence-corrected chi connectivity index (χ2v) is 7.50. The first-order chi connectivity index (χ1) is 9.29. The van der Waals surface area contributed by atoms with Gasteiger partial charge in [0.05, 0.1) is 4.90 Å². The molecule has 2 rings (SSSR count). The molecule has 0 aliphatic heterocycles. The second kappa shape index (κ2) is 5.83. The van der Waals surface area contributed by atoms with Gasteiger partial charge in [-0.3, -0.25) is 4.79 Å². The molecule has 0 saturated heterocycles. The molecular formula is C13H17BrN2O3S. The van der Waals surface area contributed by atoms with Crippen molar-refractivity contribution < 1.29 is 13.2 Å². The predicted octanol–water partition coefficient (Wildman–Crippen LogP) is 1.93. The van der Waals surface area contributed by atoms with Crippen molar-refractivity contribution in [3.8, 4) is 0 Å². The van der Waals surface area contributed by atoms with Crippen LogP contribution in [0.15, 0.2) is 21.5 Å². The van der Waals surface area contributed by atoms with E-state index in [4.69, 9.17) is 5.14 Å². The van der Waals surface area contributed by atoms with Crippen molar-refractivity contribution in [1.29, 1.82) is 0 Å². The van der Waals surface area contributed by atoms with Gasteiger partial charge in [0, 0.05) is 16.6 Å². The Hall–Kier alpha value is -0.920. The molecule has 7 heteroatoms. The fourth-order valence-electron chi connectivity index (χ4n) is 1.98. The van der Waals surface area contributed by atoms with E-state index >= 15 is 0 Å². The van der Waals surface area contributed by atoms with Crippen LogP contribution in [0, 0.1) is 12.8 Å². The molecule has 1 aliphatic carbocycles. The lowest BCUT2D eigenvalue weighted by atomic mass is 10.1. The first kappa shape index (κ1) is 15.5. The van der Waals surface area contributed by atoms with Gasteiger partial charge in [0.25, 0.3) is 5.91 Å². The molecule has 0 aromatic heterocycles. The molecule has 0 unspecified atom stereocenters. The van der Waals surface area contributed by atoms with E-state index < -0.39 is 10.0 Å². The molecule has 1 aliphatic rings. The molecule has 20 heavy (non-hydrogen) atoms. The quantitative estimate of drug-likeness (QED) is 0.840. The summed E-state index contributed by atoms with van der Waals surface area (Å²) in [5.41, 5.74) is 0.796. The fourth-order valence-corrected chi connectivity index (χ4v) is 3.40. The number of carbonyl (C=O) groups is 1. The summed E-state index contributed by atoms with van der Waals surface area (Å²) in [4.78, 5) is 12.0. The summed E-state index contributed by atoms with van der Waals surface area (Å²) in [5.74, 6) is 0.455. The molecule has 1 aromatic carbocycles. The summed E-state index contributed by atoms with van der Waals surface area (Å²) >= 11 is 3.26. The number of rotatable bonds is 5. The Bertz CT molecular complexity index is 639. The van der Waals surface area contributed by atoms with E-state index in [1.807, 2.05) is 0 Å². The van der Waals surface area contributed by atoms with Gasteiger partial charge in [-0.2, -0.15) is 0 Å². The lowest BCUT2D eigenvalue weighted by Gasteiger charge is -2.10. The van der Waals surface area contributed by atoms with Gasteiger partial charge in [0.2, 0.25) is 10.0 Å². The topological polar surface area (TPSA) is 89.3 Å². The number of nitrogens with two attached hydrogens (primary N) is 1. The largest absolute Gasteiger partial charge is 0.352 e. The minimum Gasteiger partial charge on any atom is -0.352 e. The normalized spacial score (nSPS) is 15.2. The zero-order chi connectivity index (χ0) is 14.9. The van der Waals surface area contributed by atoms with Crippen LogP contribution in [-0.4, -0.2) is 20.9 Å². The van der Waals surface area contributed by atoms with E-state index in [1.165, 1.54) is 18.9 Å². The highest BCUT2D eigenvalue weighted by atomic mass is 79.9. The minimum absolute atomic E-state index is 0.0285. The van der Waals surface area contributed by atoms with Gasteiger partial charge in [0.15, 0.2) is 0 Å². The number of sulfonamides is 1. The van der Waals surface area contributed by atoms with E-state index in [0.29, 0.717) is 22.1 Å². The average Bonchev–Trinajstić information content (AvgIpc) is 3.14. The number of halogens is 1. The minimum atomic E-state index is -3.85. The van der Waals surface area contributed by atoms with Crippen LogP contribution in [0.5, 0.6) is 0 Å². The zero-order valence-electron chi connectivity index (χ0n) is 11.1. The molecule has 0 bridgehead atoms. The SMILES string of the molecule is Cc1c(Br)cc(C(=O)NCCC2CC2)cc1S(N)(=O)=O. The summed E-state index contributed by atoms with van der Waals surface area (Å²) in [5, 5.41) is 7.96. The summed E-state index contributed by atoms with van der Waals surface area (Å²) < 4.78 is 23.6. The van der Waals surface area contributed by atoms with Crippen molar-refractivity contribution in [2.45, 2.75) is 31.1 Å². The molecular weight excluding hydrogens is 344 g/mol. The highest BCUT2D eigenvalue weighted by molar-refractivity contribution is 9.10. The van der Waals surface area contributed by atoms with Gasteiger partial charge >= 0.3 is 0 Å². The Morgan fingerprint density at radius 3 is 2.65 bits per heavy atom. The highest BCUT2D eigenvalue weighted by Gasteiger charge is 2.21. The molecule has 1 saturated carbocycles. The van der Waals surface area contributed by atoms with Crippen LogP contribution >= 0.6 is 15.9 Å². The maximum absolute atomic E-state index is 12.0. The second-order valence-electron chi connectivity index (χ2n) is 5.11. The van der Waals surface area contributed by atoms with Crippen LogP contribution in [0.1, 0.15) is 35.2 Å². The van der Waals surface area contributed by atoms with Crippen molar-refractivity contribution in [2.24, 2.45) is 11.1 Å². The van der Waals surface area contributed by atoms with Crippen LogP contribution in [-0.2, 0) is 10.0 Å². The number of primary sulfonamides is 1. The Morgan fingerprint density at radius 1 is 1.45 bits per heavy atom. The first-order valence-corrected chi connectivity index (χ1v) is 8.74. The summed E-state index contributed by atoms with van der Waals surface area (Å²) in [6.07, 6.45) is 3.45. The first-order valence-electron chi connectivity index (χ1n) is 6.40. The maximum Gasteiger partial charge on any atom is 0.251 e. The molecule has 0 radical (unpaired) electrons. The number of benzene rings is 1. The molecule has 0 heterocycles. The number of hydrogen-bond acceptors (Lipinski definition) is 3. The monoisotopic (exact) mass is 360 g/mol. The van der Waals surface area contributed by atoms with Crippen LogP contribution < -0.4 is 10.5 Å². The van der Waals surface area contributed by atoms with E-state index in [2.05, 4.69) is 21.2 Å². The fraction of sp³-hybridized carbons (Fsp3) is 0.462. The molecule has 0 atom stereocenters. The lowest BCUT2D eigenvalue weighted by Crippen LogP contribution is -2.25. The highest BCUT2D eigenvalue weighted by Crippen LogP contribution is 2.31. The van der Waals surface area contributed by atoms with E-state index in [9.17, 15) is 13.2 Å². The molecule has 5 nitrogen and oxygen atoms in total. The van der Waals surface area contributed by atoms with Gasteiger partial charge in [-0.25, -0.2) is 13.6 Å². The predicted molar refractivity (Wildman–Crippen MR) is 79.9 cm³/mol. The standard InChI is InChI=1S/C13H17BrN2O3S/c1-8-11(14)6-10(7-12(8)20(15,18)19)13(17)16-5-4-9-2-3-9/h6-7,9H,2-5H2,1H3,(H,16,17)(H2,15,18,19). The molecule has 1 fully saturated rings. The Labute approximate surface area is 127 Å². The molecule has 110 valence electrons. The van der Waals surface area contributed by atoms with Gasteiger partial charge in [0.1, 0.15) is 0 Å². The molecule has 1 aromatic rings. The third-order valence-corrected chi connectivity index (χ3v) is 5.26. The summed E-state index contributed by atoms with van der Waals surface area (Å²) in [6, 6.07) is 2.93. The van der Waals surface area contributed by atoms with E-state index in [-0.39, 0.29) is 10.8 Å². The van der Waals surface area contributed by atoms with Gasteiger partial charge in [-0.1, -0.05) is 28.8 Å². The number of hydrogen-bond donors (Lipinski definition) is 2. The van der Waals surface area contributed by atoms with E-state index in [0.717, 1.165) is 12.3 Å². The van der Waals surface area contributed by atoms with Gasteiger partial charge in [-0.15, -0.1) is 0 Å². The number of carbonyl (C=O) groups excluding carboxylic acids is 1. The van der Waals surface area contributed by atoms with E-state index in [1.54, 1.807) is 13.0 Å². The Morgan fingerprint density at radius 2 is 2.10 bits per heavy atom. The lowest BCUT2D eigenvalue weighted by molar-refractivity contribution is 0.0952. The smallest absolute Gasteiger partial charge is 0.251 e. The third-order valence-electron chi connectivity index (χ3n) is 3.40. The average molecular weight is 361 g/mol. The number of nitrogens with one attached hydrogen (secondary N) is 1. The van der Waals surface area contributed by atoms with Crippen LogP contribution in [0.2, 0.25) is 0 Å². The third kappa shape index (κ3) is 3.80. The van der Waals surface area contributed by atoms with Crippen molar-refractivity contribution in [3.05, 3.63) is 27.7 Å². The van der Waals surface area contributed by atoms with Gasteiger partial charge < -0.3 is 5.32 Å². The van der Waals surface area contributed by atoms with Crippen LogP contribution in [0.25, 0.3) is 0 Å². The molecule has 1 amide bonds. The van der Waals surface area contributed by atoms with Crippen molar-refractivity contribution >= 4 is 31.9 Å². The van der Waals surface area contributed by atoms with Gasteiger partial charge in [-0.05, 0) is 37.0 Å². The molecule has 0 spiro atoms. The van der Waals surface area contributed by atoms with Crippen LogP contribution in [0.3, 0.4) is 0 Å². The van der Waals surface area contributed by atoms with Crippen molar-refractivity contribution in [3.63, 3.8) is 0 Å². The summed E-state index contributed by atoms with van der Waals surface area (Å²) in [6.45, 7) is 2.25. The Kier molecular flexibility index (Phi) is 4.51. The maximum atomic E-state index is 12.0.